The number of hydrogen-bond donors (Lipinski definition) is 0. The zero-order chi connectivity index (χ0) is 14.8. The summed E-state index contributed by atoms with van der Waals surface area (Å²) >= 11 is 0. The summed E-state index contributed by atoms with van der Waals surface area (Å²) in [6.07, 6.45) is 0. The van der Waals surface area contributed by atoms with Crippen molar-refractivity contribution in [3.63, 3.8) is 0 Å². The number of rotatable bonds is 3. The fourth-order valence-electron chi connectivity index (χ4n) is 18.4. The molecule has 27 heavy (non-hydrogen) atoms. The van der Waals surface area contributed by atoms with E-state index in [1.54, 1.807) is 10.6 Å². The zero-order valence-electron chi connectivity index (χ0n) is 14.4. The maximum absolute atomic E-state index is 3.05. The average Bonchev–Trinajstić information content (AvgIpc) is 3.57. The number of halogens is 2. The standard InChI is InChI=1S/C17H14P.C5H5.2ClH.Fe.Pd/c1-3-9-15(10-4-1)18(17-13-7-8-14-17)16-11-5-2-6-12-16;1-2-4-5-3-1;;;;/h1-14H;1-5H;2*1H;;. The molecule has 146 valence electrons. The summed E-state index contributed by atoms with van der Waals surface area (Å²) in [5.41, 5.74) is 0. The van der Waals surface area contributed by atoms with Gasteiger partial charge in [0.05, 0.1) is 0 Å². The van der Waals surface area contributed by atoms with Gasteiger partial charge in [-0.25, -0.2) is 0 Å². The predicted molar refractivity (Wildman–Crippen MR) is 110 cm³/mol. The van der Waals surface area contributed by atoms with E-state index in [1.165, 1.54) is 43.3 Å². The van der Waals surface area contributed by atoms with E-state index in [-0.39, 0.29) is 53.2 Å². The van der Waals surface area contributed by atoms with Crippen molar-refractivity contribution in [1.29, 1.82) is 0 Å². The summed E-state index contributed by atoms with van der Waals surface area (Å²) in [6, 6.07) is 23.7. The first-order chi connectivity index (χ1) is 11.6. The molecule has 0 aromatic heterocycles. The van der Waals surface area contributed by atoms with E-state index >= 15 is 0 Å². The molecule has 4 atom stereocenters. The molecule has 0 saturated carbocycles. The molecule has 10 aliphatic rings. The summed E-state index contributed by atoms with van der Waals surface area (Å²) in [5.74, 6) is 0. The molecule has 1 spiro atoms. The molecule has 10 saturated heterocycles. The Morgan fingerprint density at radius 1 is 0.593 bits per heavy atom. The van der Waals surface area contributed by atoms with Crippen molar-refractivity contribution in [2.24, 2.45) is 0 Å². The summed E-state index contributed by atoms with van der Waals surface area (Å²) in [6.45, 7) is -3.05. The summed E-state index contributed by atoms with van der Waals surface area (Å²) in [5, 5.41) is 3.48. The van der Waals surface area contributed by atoms with E-state index in [1.807, 2.05) is 0 Å². The van der Waals surface area contributed by atoms with E-state index in [0.29, 0.717) is 0 Å². The van der Waals surface area contributed by atoms with Gasteiger partial charge in [-0.1, -0.05) is 0 Å². The molecule has 0 radical (unpaired) electrons. The SMILES string of the molecule is Cl.Cl.[Pd].c1ccc(P(c2ccccc2)[C]23[CH]4[CH]5[CH]6[CH]2[Fe]56432789[CH]3[CH]2[CH]7[CH]8[CH]39)cc1. The Kier molecular flexibility index (Phi) is 1.05. The third-order valence-electron chi connectivity index (χ3n) is 17.0. The van der Waals surface area contributed by atoms with Crippen LogP contribution < -0.4 is 10.6 Å². The van der Waals surface area contributed by atoms with E-state index in [0.717, 1.165) is 4.05 Å². The van der Waals surface area contributed by atoms with E-state index in [9.17, 15) is 0 Å². The molecular weight excluding hydrogens is 528 g/mol. The first kappa shape index (κ1) is 15.4. The van der Waals surface area contributed by atoms with Crippen molar-refractivity contribution >= 4 is 43.3 Å². The van der Waals surface area contributed by atoms with E-state index in [2.05, 4.69) is 60.7 Å². The predicted octanol–water partition coefficient (Wildman–Crippen LogP) is 6.26. The molecule has 0 N–H and O–H groups in total. The Bertz CT molecular complexity index is 1330. The fourth-order valence-corrected chi connectivity index (χ4v) is 107. The van der Waals surface area contributed by atoms with Crippen LogP contribution in [0.15, 0.2) is 60.7 Å². The van der Waals surface area contributed by atoms with Crippen LogP contribution in [0.4, 0.5) is 0 Å². The summed E-state index contributed by atoms with van der Waals surface area (Å²) in [4.78, 5) is 12.9. The second-order valence-electron chi connectivity index (χ2n) is 12.6. The van der Waals surface area contributed by atoms with Gasteiger partial charge in [0, 0.05) is 20.4 Å². The van der Waals surface area contributed by atoms with Crippen molar-refractivity contribution < 1.29 is 26.9 Å². The molecule has 4 unspecified atom stereocenters. The summed E-state index contributed by atoms with van der Waals surface area (Å²) in [7, 11) is -0.0683. The molecule has 10 heterocycles. The molecular formula is C22H21Cl2FePPd. The molecule has 0 amide bonds. The van der Waals surface area contributed by atoms with Gasteiger partial charge in [0.15, 0.2) is 0 Å². The third-order valence-corrected chi connectivity index (χ3v) is 66.3. The van der Waals surface area contributed by atoms with Gasteiger partial charge < -0.3 is 0 Å². The Hall–Kier alpha value is 0.632. The molecule has 10 aliphatic heterocycles. The normalized spacial score (nSPS) is 78.0. The van der Waals surface area contributed by atoms with Gasteiger partial charge in [-0.05, 0) is 0 Å². The minimum atomic E-state index is -3.05. The zero-order valence-corrected chi connectivity index (χ0v) is 19.6. The molecule has 2 aromatic rings. The number of hydrogen-bond acceptors (Lipinski definition) is 0. The van der Waals surface area contributed by atoms with Crippen LogP contribution in [-0.2, 0) is 26.9 Å². The van der Waals surface area contributed by atoms with Gasteiger partial charge in [-0.2, -0.15) is 0 Å². The van der Waals surface area contributed by atoms with Crippen molar-refractivity contribution in [3.05, 3.63) is 60.7 Å². The first-order valence-electron chi connectivity index (χ1n) is 9.75. The van der Waals surface area contributed by atoms with Crippen LogP contribution in [0.5, 0.6) is 0 Å². The van der Waals surface area contributed by atoms with Gasteiger partial charge in [-0.15, -0.1) is 24.8 Å². The third kappa shape index (κ3) is 0.272. The average molecular weight is 550 g/mol. The van der Waals surface area contributed by atoms with Crippen LogP contribution in [0.3, 0.4) is 0 Å². The molecule has 0 bridgehead atoms. The van der Waals surface area contributed by atoms with E-state index < -0.39 is 6.51 Å². The van der Waals surface area contributed by atoms with Crippen LogP contribution in [0.1, 0.15) is 0 Å². The van der Waals surface area contributed by atoms with Gasteiger partial charge in [0.25, 0.3) is 0 Å². The van der Waals surface area contributed by atoms with Crippen molar-refractivity contribution in [2.75, 3.05) is 0 Å². The topological polar surface area (TPSA) is 0 Å². The Morgan fingerprint density at radius 2 is 0.963 bits per heavy atom. The van der Waals surface area contributed by atoms with Crippen molar-refractivity contribution in [3.8, 4) is 0 Å². The Morgan fingerprint density at radius 3 is 1.22 bits per heavy atom. The first-order valence-corrected chi connectivity index (χ1v) is 17.4. The van der Waals surface area contributed by atoms with Gasteiger partial charge in [0.2, 0.25) is 0 Å². The second kappa shape index (κ2) is 1.84. The van der Waals surface area contributed by atoms with Gasteiger partial charge >= 0.3 is 133 Å². The van der Waals surface area contributed by atoms with Crippen LogP contribution in [0, 0.1) is 0 Å². The molecule has 0 aliphatic carbocycles. The van der Waals surface area contributed by atoms with Gasteiger partial charge in [0.1, 0.15) is 0 Å². The fraction of sp³-hybridized carbons (Fsp3) is 0.455. The molecule has 0 nitrogen and oxygen atoms in total. The summed E-state index contributed by atoms with van der Waals surface area (Å²) < 4.78 is 0.983. The number of fused-ring (bicyclic) bond motifs is 10. The quantitative estimate of drug-likeness (QED) is 0.313. The van der Waals surface area contributed by atoms with Gasteiger partial charge in [-0.3, -0.25) is 0 Å². The monoisotopic (exact) mass is 548 g/mol. The Balaban J connectivity index is 0.000000408. The molecule has 2 aromatic carbocycles. The van der Waals surface area contributed by atoms with Crippen LogP contribution >= 0.6 is 32.7 Å². The van der Waals surface area contributed by atoms with Crippen molar-refractivity contribution in [2.45, 2.75) is 47.4 Å². The van der Waals surface area contributed by atoms with Crippen LogP contribution in [0.25, 0.3) is 0 Å². The van der Waals surface area contributed by atoms with E-state index in [4.69, 9.17) is 0 Å². The molecule has 10 fully saturated rings. The van der Waals surface area contributed by atoms with Crippen molar-refractivity contribution in [1.82, 2.24) is 0 Å². The molecule has 12 rings (SSSR count). The minimum absolute atomic E-state index is 0. The Labute approximate surface area is 177 Å². The maximum atomic E-state index is 2.50. The number of benzene rings is 2. The molecule has 5 heteroatoms. The van der Waals surface area contributed by atoms with Crippen LogP contribution in [0.2, 0.25) is 43.3 Å². The van der Waals surface area contributed by atoms with Crippen LogP contribution in [-0.4, -0.2) is 4.05 Å². The second-order valence-corrected chi connectivity index (χ2v) is 39.0.